The van der Waals surface area contributed by atoms with Crippen LogP contribution in [0.3, 0.4) is 0 Å². The number of nitrogens with one attached hydrogen (secondary N) is 3. The number of rotatable bonds is 8. The largest absolute Gasteiger partial charge is 0.481 e. The molecule has 8 heteroatoms. The molecule has 0 radical (unpaired) electrons. The number of anilines is 2. The molecule has 0 aromatic heterocycles. The van der Waals surface area contributed by atoms with Gasteiger partial charge in [-0.05, 0) is 53.9 Å². The van der Waals surface area contributed by atoms with Crippen molar-refractivity contribution >= 4 is 29.1 Å². The number of aliphatic carboxylic acids is 1. The fourth-order valence-corrected chi connectivity index (χ4v) is 4.24. The highest BCUT2D eigenvalue weighted by Crippen LogP contribution is 2.26. The Morgan fingerprint density at radius 2 is 1.77 bits per heavy atom. The van der Waals surface area contributed by atoms with Crippen LogP contribution in [0, 0.1) is 5.41 Å². The van der Waals surface area contributed by atoms with Crippen LogP contribution in [-0.4, -0.2) is 46.8 Å². The molecule has 8 nitrogen and oxygen atoms in total. The van der Waals surface area contributed by atoms with Crippen molar-refractivity contribution in [1.82, 2.24) is 4.90 Å². The van der Waals surface area contributed by atoms with Gasteiger partial charge in [0.25, 0.3) is 5.91 Å². The molecule has 0 spiro atoms. The number of amidine groups is 1. The molecule has 1 atom stereocenters. The molecule has 4 rings (SSSR count). The van der Waals surface area contributed by atoms with Crippen molar-refractivity contribution in [3.05, 3.63) is 95.1 Å². The summed E-state index contributed by atoms with van der Waals surface area (Å²) < 4.78 is 0. The summed E-state index contributed by atoms with van der Waals surface area (Å²) in [5, 5.41) is 23.1. The zero-order valence-electron chi connectivity index (χ0n) is 19.3. The first-order valence-corrected chi connectivity index (χ1v) is 11.5. The standard InChI is InChI=1S/C27H29N5O3/c28-26(29)19-8-10-22(11-9-19)31-27(35)20-6-7-21-16-32(13-12-18-4-2-1-3-5-18)17-23(15-25(33)34)30-24(21)14-20/h1-11,14,23,30H,12-13,15-17H2,(H3,28,29)(H,31,35)(H,33,34)/t23-/m0/s1. The molecule has 1 aliphatic heterocycles. The van der Waals surface area contributed by atoms with E-state index in [0.29, 0.717) is 29.9 Å². The molecule has 0 fully saturated rings. The van der Waals surface area contributed by atoms with Gasteiger partial charge < -0.3 is 21.5 Å². The summed E-state index contributed by atoms with van der Waals surface area (Å²) in [5.74, 6) is -1.17. The highest BCUT2D eigenvalue weighted by molar-refractivity contribution is 6.05. The summed E-state index contributed by atoms with van der Waals surface area (Å²) in [6.45, 7) is 2.07. The third kappa shape index (κ3) is 6.45. The van der Waals surface area contributed by atoms with Crippen molar-refractivity contribution in [2.24, 2.45) is 5.73 Å². The lowest BCUT2D eigenvalue weighted by Crippen LogP contribution is -2.36. The van der Waals surface area contributed by atoms with E-state index in [1.807, 2.05) is 24.3 Å². The molecule has 35 heavy (non-hydrogen) atoms. The third-order valence-corrected chi connectivity index (χ3v) is 6.04. The molecule has 1 amide bonds. The van der Waals surface area contributed by atoms with Crippen molar-refractivity contribution in [2.45, 2.75) is 25.4 Å². The summed E-state index contributed by atoms with van der Waals surface area (Å²) in [6, 6.07) is 22.2. The summed E-state index contributed by atoms with van der Waals surface area (Å²) in [5.41, 5.74) is 10.2. The van der Waals surface area contributed by atoms with Gasteiger partial charge in [0.05, 0.1) is 6.42 Å². The number of carbonyl (C=O) groups is 2. The van der Waals surface area contributed by atoms with Crippen LogP contribution in [0.2, 0.25) is 0 Å². The number of fused-ring (bicyclic) bond motifs is 1. The van der Waals surface area contributed by atoms with E-state index in [1.54, 1.807) is 36.4 Å². The molecule has 0 saturated heterocycles. The molecule has 1 aliphatic rings. The minimum absolute atomic E-state index is 0.0137. The van der Waals surface area contributed by atoms with Crippen LogP contribution in [0.5, 0.6) is 0 Å². The van der Waals surface area contributed by atoms with Gasteiger partial charge in [-0.1, -0.05) is 36.4 Å². The fourth-order valence-electron chi connectivity index (χ4n) is 4.24. The van der Waals surface area contributed by atoms with Crippen LogP contribution in [0.15, 0.2) is 72.8 Å². The lowest BCUT2D eigenvalue weighted by Gasteiger charge is -2.23. The first kappa shape index (κ1) is 24.0. The Morgan fingerprint density at radius 1 is 1.06 bits per heavy atom. The van der Waals surface area contributed by atoms with E-state index in [4.69, 9.17) is 11.1 Å². The Morgan fingerprint density at radius 3 is 2.46 bits per heavy atom. The minimum Gasteiger partial charge on any atom is -0.481 e. The number of nitrogens with two attached hydrogens (primary N) is 1. The first-order chi connectivity index (χ1) is 16.9. The average Bonchev–Trinajstić information content (AvgIpc) is 3.01. The summed E-state index contributed by atoms with van der Waals surface area (Å²) in [6.07, 6.45) is 0.860. The van der Waals surface area contributed by atoms with E-state index in [2.05, 4.69) is 27.7 Å². The SMILES string of the molecule is N=C(N)c1ccc(NC(=O)c2ccc3c(c2)N[C@@H](CC(=O)O)CN(CCc2ccccc2)C3)cc1. The summed E-state index contributed by atoms with van der Waals surface area (Å²) in [7, 11) is 0. The van der Waals surface area contributed by atoms with Gasteiger partial charge >= 0.3 is 5.97 Å². The Labute approximate surface area is 204 Å². The van der Waals surface area contributed by atoms with Crippen LogP contribution in [0.1, 0.15) is 33.5 Å². The summed E-state index contributed by atoms with van der Waals surface area (Å²) in [4.78, 5) is 26.6. The predicted octanol–water partition coefficient (Wildman–Crippen LogP) is 3.54. The molecular formula is C27H29N5O3. The Kier molecular flexibility index (Phi) is 7.42. The van der Waals surface area contributed by atoms with Crippen molar-refractivity contribution < 1.29 is 14.7 Å². The first-order valence-electron chi connectivity index (χ1n) is 11.5. The number of nitrogen functional groups attached to an aromatic ring is 1. The number of nitrogens with zero attached hydrogens (tertiary/aromatic N) is 1. The Balaban J connectivity index is 1.50. The van der Waals surface area contributed by atoms with Crippen molar-refractivity contribution in [1.29, 1.82) is 5.41 Å². The molecule has 6 N–H and O–H groups in total. The van der Waals surface area contributed by atoms with Crippen molar-refractivity contribution in [3.63, 3.8) is 0 Å². The van der Waals surface area contributed by atoms with Crippen molar-refractivity contribution in [2.75, 3.05) is 23.7 Å². The van der Waals surface area contributed by atoms with Gasteiger partial charge in [-0.2, -0.15) is 0 Å². The minimum atomic E-state index is -0.864. The second-order valence-corrected chi connectivity index (χ2v) is 8.73. The lowest BCUT2D eigenvalue weighted by atomic mass is 10.1. The molecule has 0 unspecified atom stereocenters. The van der Waals surface area contributed by atoms with Gasteiger partial charge in [-0.15, -0.1) is 0 Å². The molecular weight excluding hydrogens is 442 g/mol. The smallest absolute Gasteiger partial charge is 0.305 e. The third-order valence-electron chi connectivity index (χ3n) is 6.04. The topological polar surface area (TPSA) is 132 Å². The van der Waals surface area contributed by atoms with E-state index < -0.39 is 5.97 Å². The van der Waals surface area contributed by atoms with Crippen molar-refractivity contribution in [3.8, 4) is 0 Å². The monoisotopic (exact) mass is 471 g/mol. The number of carboxylic acid groups (broad SMARTS) is 1. The molecule has 0 saturated carbocycles. The highest BCUT2D eigenvalue weighted by Gasteiger charge is 2.24. The zero-order chi connectivity index (χ0) is 24.8. The van der Waals surface area contributed by atoms with Gasteiger partial charge in [-0.25, -0.2) is 0 Å². The molecule has 3 aromatic carbocycles. The lowest BCUT2D eigenvalue weighted by molar-refractivity contribution is -0.137. The molecule has 3 aromatic rings. The number of amides is 1. The van der Waals surface area contributed by atoms with E-state index in [-0.39, 0.29) is 24.2 Å². The maximum absolute atomic E-state index is 12.9. The quantitative estimate of drug-likeness (QED) is 0.252. The van der Waals surface area contributed by atoms with E-state index in [1.165, 1.54) is 5.56 Å². The molecule has 180 valence electrons. The van der Waals surface area contributed by atoms with Crippen LogP contribution >= 0.6 is 0 Å². The maximum atomic E-state index is 12.9. The van der Waals surface area contributed by atoms with Gasteiger partial charge in [0.2, 0.25) is 0 Å². The summed E-state index contributed by atoms with van der Waals surface area (Å²) >= 11 is 0. The second kappa shape index (κ2) is 10.8. The van der Waals surface area contributed by atoms with Gasteiger partial charge in [-0.3, -0.25) is 19.9 Å². The second-order valence-electron chi connectivity index (χ2n) is 8.73. The fraction of sp³-hybridized carbons (Fsp3) is 0.222. The number of benzene rings is 3. The van der Waals surface area contributed by atoms with Gasteiger partial charge in [0, 0.05) is 48.2 Å². The Hall–Kier alpha value is -4.17. The molecule has 0 aliphatic carbocycles. The average molecular weight is 472 g/mol. The van der Waals surface area contributed by atoms with Gasteiger partial charge in [0.15, 0.2) is 0 Å². The molecule has 1 heterocycles. The van der Waals surface area contributed by atoms with E-state index >= 15 is 0 Å². The van der Waals surface area contributed by atoms with Crippen LogP contribution in [0.4, 0.5) is 11.4 Å². The normalized spacial score (nSPS) is 15.4. The maximum Gasteiger partial charge on any atom is 0.305 e. The van der Waals surface area contributed by atoms with Crippen LogP contribution in [0.25, 0.3) is 0 Å². The number of hydrogen-bond acceptors (Lipinski definition) is 5. The highest BCUT2D eigenvalue weighted by atomic mass is 16.4. The number of hydrogen-bond donors (Lipinski definition) is 5. The zero-order valence-corrected chi connectivity index (χ0v) is 19.3. The van der Waals surface area contributed by atoms with E-state index in [9.17, 15) is 14.7 Å². The van der Waals surface area contributed by atoms with Crippen LogP contribution in [-0.2, 0) is 17.8 Å². The van der Waals surface area contributed by atoms with E-state index in [0.717, 1.165) is 24.2 Å². The van der Waals surface area contributed by atoms with Gasteiger partial charge in [0.1, 0.15) is 5.84 Å². The number of carbonyl (C=O) groups excluding carboxylic acids is 1. The predicted molar refractivity (Wildman–Crippen MR) is 137 cm³/mol. The molecule has 0 bridgehead atoms. The number of carboxylic acids is 1. The Bertz CT molecular complexity index is 1210. The van der Waals surface area contributed by atoms with Crippen LogP contribution < -0.4 is 16.4 Å².